The van der Waals surface area contributed by atoms with Gasteiger partial charge in [-0.05, 0) is 47.4 Å². The van der Waals surface area contributed by atoms with Gasteiger partial charge in [0.2, 0.25) is 5.91 Å². The van der Waals surface area contributed by atoms with Crippen molar-refractivity contribution in [2.24, 2.45) is 0 Å². The van der Waals surface area contributed by atoms with Crippen LogP contribution < -0.4 is 10.6 Å². The Bertz CT molecular complexity index is 1200. The molecule has 6 nitrogen and oxygen atoms in total. The summed E-state index contributed by atoms with van der Waals surface area (Å²) in [6.45, 7) is 2.77. The van der Waals surface area contributed by atoms with E-state index >= 15 is 0 Å². The van der Waals surface area contributed by atoms with Crippen molar-refractivity contribution in [2.45, 2.75) is 26.1 Å². The standard InChI is InChI=1S/C27H26N4O2/c1-20(30-27(33)23-8-3-2-4-9-23)26(32)28-18-24-10-5-6-11-25(24)22-14-12-21(13-15-22)19-31-17-7-16-29-31/h2-17,20H,18-19H2,1H3,(H,28,32)(H,30,33). The smallest absolute Gasteiger partial charge is 0.251 e. The highest BCUT2D eigenvalue weighted by Crippen LogP contribution is 2.24. The molecule has 0 spiro atoms. The molecular weight excluding hydrogens is 412 g/mol. The number of aromatic nitrogens is 2. The molecule has 1 aromatic heterocycles. The molecule has 0 bridgehead atoms. The van der Waals surface area contributed by atoms with Crippen LogP contribution in [0.5, 0.6) is 0 Å². The van der Waals surface area contributed by atoms with E-state index < -0.39 is 6.04 Å². The van der Waals surface area contributed by atoms with Gasteiger partial charge in [-0.3, -0.25) is 14.3 Å². The maximum absolute atomic E-state index is 12.6. The fraction of sp³-hybridized carbons (Fsp3) is 0.148. The number of nitrogens with zero attached hydrogens (tertiary/aromatic N) is 2. The number of carbonyl (C=O) groups is 2. The number of rotatable bonds is 8. The Morgan fingerprint density at radius 1 is 0.909 bits per heavy atom. The van der Waals surface area contributed by atoms with Crippen LogP contribution in [0.15, 0.2) is 97.3 Å². The number of benzene rings is 3. The highest BCUT2D eigenvalue weighted by Gasteiger charge is 2.16. The van der Waals surface area contributed by atoms with Crippen LogP contribution in [0.3, 0.4) is 0 Å². The van der Waals surface area contributed by atoms with Crippen molar-refractivity contribution in [1.29, 1.82) is 0 Å². The van der Waals surface area contributed by atoms with Crippen LogP contribution in [0, 0.1) is 0 Å². The van der Waals surface area contributed by atoms with E-state index in [1.54, 1.807) is 37.4 Å². The average molecular weight is 439 g/mol. The lowest BCUT2D eigenvalue weighted by molar-refractivity contribution is -0.122. The van der Waals surface area contributed by atoms with Crippen molar-refractivity contribution in [3.8, 4) is 11.1 Å². The number of amides is 2. The number of hydrogen-bond acceptors (Lipinski definition) is 3. The van der Waals surface area contributed by atoms with Gasteiger partial charge in [-0.25, -0.2) is 0 Å². The van der Waals surface area contributed by atoms with Gasteiger partial charge in [0, 0.05) is 24.5 Å². The third-order valence-corrected chi connectivity index (χ3v) is 5.42. The second-order valence-electron chi connectivity index (χ2n) is 7.84. The summed E-state index contributed by atoms with van der Waals surface area (Å²) in [6.07, 6.45) is 3.71. The Morgan fingerprint density at radius 2 is 1.64 bits per heavy atom. The second-order valence-corrected chi connectivity index (χ2v) is 7.84. The second kappa shape index (κ2) is 10.4. The highest BCUT2D eigenvalue weighted by atomic mass is 16.2. The van der Waals surface area contributed by atoms with E-state index in [1.807, 2.05) is 47.3 Å². The normalized spacial score (nSPS) is 11.5. The van der Waals surface area contributed by atoms with Gasteiger partial charge in [0.05, 0.1) is 6.54 Å². The van der Waals surface area contributed by atoms with Crippen molar-refractivity contribution in [2.75, 3.05) is 0 Å². The van der Waals surface area contributed by atoms with Crippen LogP contribution in [0.2, 0.25) is 0 Å². The van der Waals surface area contributed by atoms with Crippen molar-refractivity contribution in [3.63, 3.8) is 0 Å². The minimum atomic E-state index is -0.647. The number of nitrogens with one attached hydrogen (secondary N) is 2. The molecule has 0 fully saturated rings. The van der Waals surface area contributed by atoms with E-state index in [0.29, 0.717) is 12.1 Å². The first kappa shape index (κ1) is 22.0. The van der Waals surface area contributed by atoms with Gasteiger partial charge in [-0.15, -0.1) is 0 Å². The van der Waals surface area contributed by atoms with Crippen molar-refractivity contribution < 1.29 is 9.59 Å². The van der Waals surface area contributed by atoms with Crippen LogP contribution >= 0.6 is 0 Å². The molecule has 1 atom stereocenters. The third-order valence-electron chi connectivity index (χ3n) is 5.42. The molecular formula is C27H26N4O2. The lowest BCUT2D eigenvalue weighted by Gasteiger charge is -2.16. The molecule has 0 aliphatic carbocycles. The molecule has 33 heavy (non-hydrogen) atoms. The first-order valence-corrected chi connectivity index (χ1v) is 10.9. The molecule has 2 amide bonds. The largest absolute Gasteiger partial charge is 0.350 e. The lowest BCUT2D eigenvalue weighted by atomic mass is 9.98. The van der Waals surface area contributed by atoms with Crippen molar-refractivity contribution in [1.82, 2.24) is 20.4 Å². The van der Waals surface area contributed by atoms with Crippen LogP contribution in [0.1, 0.15) is 28.4 Å². The summed E-state index contributed by atoms with van der Waals surface area (Å²) in [5.41, 5.74) is 4.83. The van der Waals surface area contributed by atoms with Crippen molar-refractivity contribution in [3.05, 3.63) is 114 Å². The van der Waals surface area contributed by atoms with Crippen molar-refractivity contribution >= 4 is 11.8 Å². The molecule has 6 heteroatoms. The van der Waals surface area contributed by atoms with Gasteiger partial charge in [0.1, 0.15) is 6.04 Å². The van der Waals surface area contributed by atoms with E-state index in [1.165, 1.54) is 0 Å². The lowest BCUT2D eigenvalue weighted by Crippen LogP contribution is -2.44. The van der Waals surface area contributed by atoms with E-state index in [2.05, 4.69) is 40.0 Å². The van der Waals surface area contributed by atoms with E-state index in [0.717, 1.165) is 28.8 Å². The Morgan fingerprint density at radius 3 is 2.36 bits per heavy atom. The molecule has 3 aromatic carbocycles. The highest BCUT2D eigenvalue weighted by molar-refractivity contribution is 5.97. The molecule has 166 valence electrons. The molecule has 0 radical (unpaired) electrons. The fourth-order valence-corrected chi connectivity index (χ4v) is 3.60. The predicted octanol–water partition coefficient (Wildman–Crippen LogP) is 4.03. The summed E-state index contributed by atoms with van der Waals surface area (Å²) in [6, 6.07) is 26.5. The van der Waals surface area contributed by atoms with Gasteiger partial charge < -0.3 is 10.6 Å². The Balaban J connectivity index is 1.38. The maximum atomic E-state index is 12.6. The summed E-state index contributed by atoms with van der Waals surface area (Å²) in [7, 11) is 0. The Labute approximate surface area is 193 Å². The average Bonchev–Trinajstić information content (AvgIpc) is 3.37. The van der Waals surface area contributed by atoms with Gasteiger partial charge in [0.25, 0.3) is 5.91 Å². The van der Waals surface area contributed by atoms with Gasteiger partial charge in [-0.1, -0.05) is 66.7 Å². The first-order chi connectivity index (χ1) is 16.1. The van der Waals surface area contributed by atoms with Gasteiger partial charge in [0.15, 0.2) is 0 Å². The predicted molar refractivity (Wildman–Crippen MR) is 128 cm³/mol. The molecule has 4 aromatic rings. The molecule has 0 saturated heterocycles. The molecule has 1 unspecified atom stereocenters. The van der Waals surface area contributed by atoms with Gasteiger partial charge >= 0.3 is 0 Å². The first-order valence-electron chi connectivity index (χ1n) is 10.9. The number of hydrogen-bond donors (Lipinski definition) is 2. The van der Waals surface area contributed by atoms with E-state index in [4.69, 9.17) is 0 Å². The monoisotopic (exact) mass is 438 g/mol. The van der Waals surface area contributed by atoms with E-state index in [9.17, 15) is 9.59 Å². The molecule has 1 heterocycles. The zero-order valence-electron chi connectivity index (χ0n) is 18.4. The summed E-state index contributed by atoms with van der Waals surface area (Å²) < 4.78 is 1.89. The maximum Gasteiger partial charge on any atom is 0.251 e. The fourth-order valence-electron chi connectivity index (χ4n) is 3.60. The summed E-state index contributed by atoms with van der Waals surface area (Å²) in [4.78, 5) is 24.9. The van der Waals surface area contributed by atoms with Crippen LogP contribution in [0.25, 0.3) is 11.1 Å². The van der Waals surface area contributed by atoms with Crippen LogP contribution in [0.4, 0.5) is 0 Å². The van der Waals surface area contributed by atoms with E-state index in [-0.39, 0.29) is 11.8 Å². The topological polar surface area (TPSA) is 76.0 Å². The molecule has 0 saturated carbocycles. The Kier molecular flexibility index (Phi) is 6.95. The third kappa shape index (κ3) is 5.74. The quantitative estimate of drug-likeness (QED) is 0.436. The van der Waals surface area contributed by atoms with Crippen LogP contribution in [-0.4, -0.2) is 27.6 Å². The summed E-state index contributed by atoms with van der Waals surface area (Å²) >= 11 is 0. The molecule has 2 N–H and O–H groups in total. The number of carbonyl (C=O) groups excluding carboxylic acids is 2. The SMILES string of the molecule is CC(NC(=O)c1ccccc1)C(=O)NCc1ccccc1-c1ccc(Cn2cccn2)cc1. The van der Waals surface area contributed by atoms with Crippen LogP contribution in [-0.2, 0) is 17.9 Å². The van der Waals surface area contributed by atoms with Gasteiger partial charge in [-0.2, -0.15) is 5.10 Å². The summed E-state index contributed by atoms with van der Waals surface area (Å²) in [5, 5.41) is 9.93. The molecule has 0 aliphatic rings. The minimum absolute atomic E-state index is 0.233. The Hall–Kier alpha value is -4.19. The minimum Gasteiger partial charge on any atom is -0.350 e. The molecule has 0 aliphatic heterocycles. The molecule has 4 rings (SSSR count). The summed E-state index contributed by atoms with van der Waals surface area (Å²) in [5.74, 6) is -0.502. The zero-order chi connectivity index (χ0) is 23.0. The zero-order valence-corrected chi connectivity index (χ0v) is 18.4.